The number of carbonyl (C=O) groups excluding carboxylic acids is 1. The molecule has 2 aliphatic heterocycles. The van der Waals surface area contributed by atoms with E-state index in [1.54, 1.807) is 0 Å². The molecule has 6 heteroatoms. The Morgan fingerprint density at radius 3 is 2.71 bits per heavy atom. The molecule has 6 nitrogen and oxygen atoms in total. The van der Waals surface area contributed by atoms with E-state index in [9.17, 15) is 4.79 Å². The molecule has 2 aliphatic rings. The van der Waals surface area contributed by atoms with E-state index in [1.165, 1.54) is 11.1 Å². The van der Waals surface area contributed by atoms with Crippen molar-refractivity contribution in [2.75, 3.05) is 26.7 Å². The van der Waals surface area contributed by atoms with Gasteiger partial charge in [-0.25, -0.2) is 9.78 Å². The maximum absolute atomic E-state index is 12.6. The number of fused-ring (bicyclic) bond motifs is 2. The fourth-order valence-electron chi connectivity index (χ4n) is 4.32. The first-order chi connectivity index (χ1) is 13.6. The molecular weight excluding hydrogens is 354 g/mol. The normalized spacial score (nSPS) is 20.3. The Morgan fingerprint density at radius 1 is 1.21 bits per heavy atom. The van der Waals surface area contributed by atoms with Crippen molar-refractivity contribution in [3.05, 3.63) is 52.6 Å². The fraction of sp³-hybridized carbons (Fsp3) is 0.545. The Hall–Kier alpha value is -2.18. The summed E-state index contributed by atoms with van der Waals surface area (Å²) in [4.78, 5) is 19.7. The third-order valence-electron chi connectivity index (χ3n) is 5.81. The average Bonchev–Trinajstić information content (AvgIpc) is 2.95. The van der Waals surface area contributed by atoms with Crippen LogP contribution in [0.15, 0.2) is 24.3 Å². The van der Waals surface area contributed by atoms with Gasteiger partial charge in [-0.2, -0.15) is 0 Å². The van der Waals surface area contributed by atoms with Crippen LogP contribution in [-0.2, 0) is 22.4 Å². The van der Waals surface area contributed by atoms with Crippen LogP contribution in [-0.4, -0.2) is 53.3 Å². The number of esters is 1. The summed E-state index contributed by atoms with van der Waals surface area (Å²) in [5.41, 5.74) is 3.70. The summed E-state index contributed by atoms with van der Waals surface area (Å²) in [5, 5.41) is 0. The van der Waals surface area contributed by atoms with Crippen molar-refractivity contribution < 1.29 is 14.3 Å². The number of aromatic nitrogens is 2. The number of rotatable bonds is 4. The number of benzene rings is 1. The van der Waals surface area contributed by atoms with Gasteiger partial charge in [0.2, 0.25) is 0 Å². The Bertz CT molecular complexity index is 853. The Morgan fingerprint density at radius 2 is 1.96 bits per heavy atom. The van der Waals surface area contributed by atoms with Crippen LogP contribution in [0.4, 0.5) is 0 Å². The average molecular weight is 383 g/mol. The second kappa shape index (κ2) is 8.05. The summed E-state index contributed by atoms with van der Waals surface area (Å²) in [6.07, 6.45) is 2.82. The summed E-state index contributed by atoms with van der Waals surface area (Å²) < 4.78 is 14.0. The summed E-state index contributed by atoms with van der Waals surface area (Å²) in [6, 6.07) is 8.42. The van der Waals surface area contributed by atoms with E-state index in [4.69, 9.17) is 14.5 Å². The van der Waals surface area contributed by atoms with Crippen LogP contribution in [0, 0.1) is 6.92 Å². The van der Waals surface area contributed by atoms with Gasteiger partial charge in [-0.05, 0) is 51.3 Å². The van der Waals surface area contributed by atoms with E-state index < -0.39 is 0 Å². The maximum Gasteiger partial charge on any atom is 0.356 e. The second-order valence-corrected chi connectivity index (χ2v) is 7.74. The van der Waals surface area contributed by atoms with Gasteiger partial charge < -0.3 is 18.9 Å². The van der Waals surface area contributed by atoms with Crippen molar-refractivity contribution in [1.82, 2.24) is 14.5 Å². The van der Waals surface area contributed by atoms with E-state index in [2.05, 4.69) is 36.2 Å². The molecule has 0 amide bonds. The largest absolute Gasteiger partial charge is 0.461 e. The molecule has 0 spiro atoms. The zero-order chi connectivity index (χ0) is 19.7. The zero-order valence-electron chi connectivity index (χ0n) is 17.0. The van der Waals surface area contributed by atoms with Gasteiger partial charge in [0.25, 0.3) is 0 Å². The van der Waals surface area contributed by atoms with Crippen molar-refractivity contribution in [3.8, 4) is 0 Å². The number of hydrogen-bond donors (Lipinski definition) is 0. The van der Waals surface area contributed by atoms with E-state index in [1.807, 2.05) is 18.4 Å². The molecule has 1 saturated heterocycles. The molecule has 0 N–H and O–H groups in total. The van der Waals surface area contributed by atoms with Gasteiger partial charge in [0.1, 0.15) is 11.9 Å². The molecule has 2 aromatic rings. The van der Waals surface area contributed by atoms with Crippen molar-refractivity contribution in [2.24, 2.45) is 0 Å². The molecule has 0 saturated carbocycles. The van der Waals surface area contributed by atoms with Crippen LogP contribution < -0.4 is 0 Å². The quantitative estimate of drug-likeness (QED) is 0.760. The molecule has 1 aromatic heterocycles. The lowest BCUT2D eigenvalue weighted by molar-refractivity contribution is -0.0276. The van der Waals surface area contributed by atoms with Gasteiger partial charge >= 0.3 is 5.97 Å². The van der Waals surface area contributed by atoms with Crippen molar-refractivity contribution in [1.29, 1.82) is 0 Å². The minimum absolute atomic E-state index is 0.198. The van der Waals surface area contributed by atoms with Crippen LogP contribution in [0.5, 0.6) is 0 Å². The van der Waals surface area contributed by atoms with Crippen LogP contribution in [0.2, 0.25) is 0 Å². The Labute approximate surface area is 166 Å². The summed E-state index contributed by atoms with van der Waals surface area (Å²) in [6.45, 7) is 6.85. The molecule has 1 fully saturated rings. The second-order valence-electron chi connectivity index (χ2n) is 7.74. The molecule has 0 bridgehead atoms. The number of ether oxygens (including phenoxy) is 2. The highest BCUT2D eigenvalue weighted by atomic mass is 16.5. The van der Waals surface area contributed by atoms with Crippen LogP contribution in [0.1, 0.15) is 59.0 Å². The minimum Gasteiger partial charge on any atom is -0.461 e. The fourth-order valence-corrected chi connectivity index (χ4v) is 4.32. The predicted octanol–water partition coefficient (Wildman–Crippen LogP) is 3.12. The van der Waals surface area contributed by atoms with Crippen molar-refractivity contribution in [2.45, 2.75) is 51.9 Å². The highest BCUT2D eigenvalue weighted by Crippen LogP contribution is 2.35. The molecule has 3 heterocycles. The molecule has 150 valence electrons. The zero-order valence-corrected chi connectivity index (χ0v) is 17.0. The summed E-state index contributed by atoms with van der Waals surface area (Å²) >= 11 is 0. The third-order valence-corrected chi connectivity index (χ3v) is 5.81. The molecule has 0 aliphatic carbocycles. The summed E-state index contributed by atoms with van der Waals surface area (Å²) in [7, 11) is 2.15. The Kier molecular flexibility index (Phi) is 5.51. The van der Waals surface area contributed by atoms with Gasteiger partial charge in [-0.3, -0.25) is 0 Å². The molecule has 1 unspecified atom stereocenters. The molecule has 1 atom stereocenters. The first kappa shape index (κ1) is 19.2. The Balaban J connectivity index is 1.74. The van der Waals surface area contributed by atoms with Gasteiger partial charge in [0, 0.05) is 19.6 Å². The summed E-state index contributed by atoms with van der Waals surface area (Å²) in [5.74, 6) is 0.521. The lowest BCUT2D eigenvalue weighted by atomic mass is 10.00. The number of imidazole rings is 1. The van der Waals surface area contributed by atoms with E-state index >= 15 is 0 Å². The number of likely N-dealkylation sites (tertiary alicyclic amines) is 1. The van der Waals surface area contributed by atoms with Gasteiger partial charge in [-0.1, -0.05) is 24.3 Å². The number of carbonyl (C=O) groups is 1. The first-order valence-corrected chi connectivity index (χ1v) is 10.2. The number of piperidine rings is 1. The topological polar surface area (TPSA) is 56.6 Å². The predicted molar refractivity (Wildman–Crippen MR) is 107 cm³/mol. The van der Waals surface area contributed by atoms with E-state index in [-0.39, 0.29) is 18.2 Å². The number of aryl methyl sites for hydroxylation is 2. The van der Waals surface area contributed by atoms with E-state index in [0.717, 1.165) is 38.2 Å². The minimum atomic E-state index is -0.303. The van der Waals surface area contributed by atoms with Gasteiger partial charge in [0.05, 0.1) is 18.4 Å². The standard InChI is InChI=1S/C22H29N3O3/c1-4-27-22(26)19-15(2)23-21-20(28-17-10-12-24(3)13-11-17)18-8-6-5-7-16(18)9-14-25(19)21/h5-8,17,20H,4,9-14H2,1-3H3. The SMILES string of the molecule is CCOC(=O)c1c(C)nc2n1CCc1ccccc1C2OC1CCN(C)CC1. The lowest BCUT2D eigenvalue weighted by Crippen LogP contribution is -2.35. The van der Waals surface area contributed by atoms with Gasteiger partial charge in [0.15, 0.2) is 5.69 Å². The molecule has 1 aromatic carbocycles. The van der Waals surface area contributed by atoms with Crippen molar-refractivity contribution >= 4 is 5.97 Å². The lowest BCUT2D eigenvalue weighted by Gasteiger charge is -2.32. The smallest absolute Gasteiger partial charge is 0.356 e. The van der Waals surface area contributed by atoms with Crippen LogP contribution >= 0.6 is 0 Å². The van der Waals surface area contributed by atoms with Crippen LogP contribution in [0.25, 0.3) is 0 Å². The molecular formula is C22H29N3O3. The van der Waals surface area contributed by atoms with Crippen LogP contribution in [0.3, 0.4) is 0 Å². The van der Waals surface area contributed by atoms with Gasteiger partial charge in [-0.15, -0.1) is 0 Å². The highest BCUT2D eigenvalue weighted by Gasteiger charge is 2.33. The first-order valence-electron chi connectivity index (χ1n) is 10.2. The monoisotopic (exact) mass is 383 g/mol. The van der Waals surface area contributed by atoms with E-state index in [0.29, 0.717) is 24.5 Å². The maximum atomic E-state index is 12.6. The molecule has 28 heavy (non-hydrogen) atoms. The molecule has 4 rings (SSSR count). The third kappa shape index (κ3) is 3.59. The number of hydrogen-bond acceptors (Lipinski definition) is 5. The highest BCUT2D eigenvalue weighted by molar-refractivity contribution is 5.89. The van der Waals surface area contributed by atoms with Crippen molar-refractivity contribution in [3.63, 3.8) is 0 Å². The number of nitrogens with zero attached hydrogens (tertiary/aromatic N) is 3. The molecule has 0 radical (unpaired) electrons.